The quantitative estimate of drug-likeness (QED) is 0.629. The van der Waals surface area contributed by atoms with Crippen LogP contribution in [0.4, 0.5) is 0 Å². The highest BCUT2D eigenvalue weighted by atomic mass is 32.2. The van der Waals surface area contributed by atoms with Crippen LogP contribution in [0.5, 0.6) is 5.75 Å². The summed E-state index contributed by atoms with van der Waals surface area (Å²) in [5.41, 5.74) is 1.34. The van der Waals surface area contributed by atoms with Crippen molar-refractivity contribution in [2.75, 3.05) is 6.61 Å². The summed E-state index contributed by atoms with van der Waals surface area (Å²) in [7, 11) is 0. The topological polar surface area (TPSA) is 70.3 Å². The van der Waals surface area contributed by atoms with Crippen LogP contribution in [0.1, 0.15) is 36.0 Å². The number of hydrogen-bond donors (Lipinski definition) is 1. The number of carbonyl (C=O) groups excluding carboxylic acids is 1. The summed E-state index contributed by atoms with van der Waals surface area (Å²) >= 11 is 2.77. The molecule has 1 N–H and O–H groups in total. The highest BCUT2D eigenvalue weighted by Crippen LogP contribution is 2.45. The minimum atomic E-state index is -0.470. The molecule has 23 heavy (non-hydrogen) atoms. The van der Waals surface area contributed by atoms with E-state index >= 15 is 0 Å². The van der Waals surface area contributed by atoms with Gasteiger partial charge in [-0.3, -0.25) is 0 Å². The van der Waals surface area contributed by atoms with Crippen LogP contribution in [0.2, 0.25) is 0 Å². The summed E-state index contributed by atoms with van der Waals surface area (Å²) < 4.78 is 5.89. The predicted octanol–water partition coefficient (Wildman–Crippen LogP) is 4.67. The molecule has 4 nitrogen and oxygen atoms in total. The van der Waals surface area contributed by atoms with E-state index < -0.39 is 5.97 Å². The molecular formula is C17H17NO3S2. The third kappa shape index (κ3) is 3.69. The first kappa shape index (κ1) is 17.4. The van der Waals surface area contributed by atoms with E-state index in [0.29, 0.717) is 21.6 Å². The Morgan fingerprint density at radius 1 is 1.43 bits per heavy atom. The lowest BCUT2D eigenvalue weighted by Gasteiger charge is -2.07. The number of carbonyl (C=O) groups is 1. The van der Waals surface area contributed by atoms with Crippen LogP contribution in [-0.2, 0) is 4.74 Å². The SMILES string of the molecule is CCOC(=O)c1sc(SC(C)C)c(C#N)c1-c1ccccc1O. The molecule has 0 saturated carbocycles. The van der Waals surface area contributed by atoms with Gasteiger partial charge in [0.1, 0.15) is 16.7 Å². The first-order valence-corrected chi connectivity index (χ1v) is 8.88. The van der Waals surface area contributed by atoms with E-state index in [4.69, 9.17) is 4.74 Å². The molecule has 1 aromatic heterocycles. The summed E-state index contributed by atoms with van der Waals surface area (Å²) in [5, 5.41) is 20.0. The summed E-state index contributed by atoms with van der Waals surface area (Å²) in [4.78, 5) is 12.7. The van der Waals surface area contributed by atoms with Gasteiger partial charge in [-0.25, -0.2) is 4.79 Å². The van der Waals surface area contributed by atoms with Gasteiger partial charge in [-0.05, 0) is 13.0 Å². The van der Waals surface area contributed by atoms with Gasteiger partial charge in [0.05, 0.1) is 16.4 Å². The van der Waals surface area contributed by atoms with Crippen LogP contribution in [0.3, 0.4) is 0 Å². The number of thioether (sulfide) groups is 1. The van der Waals surface area contributed by atoms with Crippen molar-refractivity contribution in [1.82, 2.24) is 0 Å². The normalized spacial score (nSPS) is 10.6. The Hall–Kier alpha value is -1.97. The van der Waals surface area contributed by atoms with E-state index in [1.807, 2.05) is 13.8 Å². The summed E-state index contributed by atoms with van der Waals surface area (Å²) in [6.45, 7) is 6.04. The van der Waals surface area contributed by atoms with E-state index in [0.717, 1.165) is 4.21 Å². The number of esters is 1. The molecule has 1 aromatic carbocycles. The Bertz CT molecular complexity index is 760. The van der Waals surface area contributed by atoms with E-state index in [2.05, 4.69) is 6.07 Å². The Kier molecular flexibility index (Phi) is 5.69. The standard InChI is InChI=1S/C17H17NO3S2/c1-4-21-16(20)15-14(11-7-5-6-8-13(11)19)12(9-18)17(23-15)22-10(2)3/h5-8,10,19H,4H2,1-3H3. The molecule has 0 aliphatic carbocycles. The van der Waals surface area contributed by atoms with Crippen LogP contribution in [-0.4, -0.2) is 22.9 Å². The number of aromatic hydroxyl groups is 1. The summed E-state index contributed by atoms with van der Waals surface area (Å²) in [6.07, 6.45) is 0. The zero-order valence-electron chi connectivity index (χ0n) is 13.1. The van der Waals surface area contributed by atoms with Crippen molar-refractivity contribution in [2.45, 2.75) is 30.2 Å². The fraction of sp³-hybridized carbons (Fsp3) is 0.294. The molecule has 0 amide bonds. The van der Waals surface area contributed by atoms with Crippen molar-refractivity contribution in [2.24, 2.45) is 0 Å². The zero-order valence-corrected chi connectivity index (χ0v) is 14.8. The molecule has 0 aliphatic heterocycles. The lowest BCUT2D eigenvalue weighted by molar-refractivity contribution is 0.0533. The van der Waals surface area contributed by atoms with Crippen molar-refractivity contribution in [3.05, 3.63) is 34.7 Å². The number of thiophene rings is 1. The predicted molar refractivity (Wildman–Crippen MR) is 93.1 cm³/mol. The third-order valence-electron chi connectivity index (χ3n) is 2.96. The van der Waals surface area contributed by atoms with Gasteiger partial charge in [-0.1, -0.05) is 32.0 Å². The number of para-hydroxylation sites is 1. The van der Waals surface area contributed by atoms with Gasteiger partial charge in [0.2, 0.25) is 0 Å². The highest BCUT2D eigenvalue weighted by Gasteiger charge is 2.27. The monoisotopic (exact) mass is 347 g/mol. The van der Waals surface area contributed by atoms with Crippen LogP contribution in [0.15, 0.2) is 28.5 Å². The number of ether oxygens (including phenoxy) is 1. The van der Waals surface area contributed by atoms with Gasteiger partial charge in [0, 0.05) is 16.4 Å². The molecule has 2 aromatic rings. The van der Waals surface area contributed by atoms with Gasteiger partial charge >= 0.3 is 5.97 Å². The van der Waals surface area contributed by atoms with Crippen LogP contribution < -0.4 is 0 Å². The molecule has 1 heterocycles. The minimum absolute atomic E-state index is 0.0356. The number of phenolic OH excluding ortho intramolecular Hbond substituents is 1. The maximum absolute atomic E-state index is 12.3. The lowest BCUT2D eigenvalue weighted by Crippen LogP contribution is -2.04. The second kappa shape index (κ2) is 7.53. The minimum Gasteiger partial charge on any atom is -0.507 e. The van der Waals surface area contributed by atoms with Crippen molar-refractivity contribution in [1.29, 1.82) is 5.26 Å². The molecule has 0 atom stereocenters. The molecule has 0 saturated heterocycles. The van der Waals surface area contributed by atoms with Gasteiger partial charge < -0.3 is 9.84 Å². The Balaban J connectivity index is 2.71. The van der Waals surface area contributed by atoms with Crippen molar-refractivity contribution in [3.8, 4) is 22.9 Å². The van der Waals surface area contributed by atoms with Gasteiger partial charge in [-0.15, -0.1) is 23.1 Å². The number of nitriles is 1. The summed E-state index contributed by atoms with van der Waals surface area (Å²) in [6, 6.07) is 8.88. The van der Waals surface area contributed by atoms with Crippen LogP contribution in [0.25, 0.3) is 11.1 Å². The van der Waals surface area contributed by atoms with Crippen LogP contribution >= 0.6 is 23.1 Å². The molecule has 0 unspecified atom stereocenters. The third-order valence-corrected chi connectivity index (χ3v) is 5.36. The molecule has 0 bridgehead atoms. The number of hydrogen-bond acceptors (Lipinski definition) is 6. The Morgan fingerprint density at radius 3 is 2.70 bits per heavy atom. The summed E-state index contributed by atoms with van der Waals surface area (Å²) in [5.74, 6) is -0.434. The van der Waals surface area contributed by atoms with E-state index in [1.165, 1.54) is 23.1 Å². The number of nitrogens with zero attached hydrogens (tertiary/aromatic N) is 1. The number of phenols is 1. The molecular weight excluding hydrogens is 330 g/mol. The van der Waals surface area contributed by atoms with Crippen molar-refractivity contribution >= 4 is 29.1 Å². The first-order chi connectivity index (χ1) is 11.0. The zero-order chi connectivity index (χ0) is 17.0. The van der Waals surface area contributed by atoms with Crippen molar-refractivity contribution in [3.63, 3.8) is 0 Å². The molecule has 0 spiro atoms. The molecule has 0 fully saturated rings. The largest absolute Gasteiger partial charge is 0.507 e. The van der Waals surface area contributed by atoms with E-state index in [-0.39, 0.29) is 17.6 Å². The maximum atomic E-state index is 12.3. The maximum Gasteiger partial charge on any atom is 0.349 e. The molecule has 0 radical (unpaired) electrons. The van der Waals surface area contributed by atoms with E-state index in [1.54, 1.807) is 31.2 Å². The lowest BCUT2D eigenvalue weighted by atomic mass is 10.0. The smallest absolute Gasteiger partial charge is 0.349 e. The Morgan fingerprint density at radius 2 is 2.13 bits per heavy atom. The van der Waals surface area contributed by atoms with E-state index in [9.17, 15) is 15.2 Å². The average molecular weight is 347 g/mol. The molecule has 2 rings (SSSR count). The first-order valence-electron chi connectivity index (χ1n) is 7.18. The Labute approximate surface area is 143 Å². The second-order valence-corrected chi connectivity index (χ2v) is 7.85. The fourth-order valence-electron chi connectivity index (χ4n) is 2.09. The number of benzene rings is 1. The van der Waals surface area contributed by atoms with Gasteiger partial charge in [0.25, 0.3) is 0 Å². The fourth-order valence-corrected chi connectivity index (χ4v) is 4.70. The number of rotatable bonds is 5. The molecule has 120 valence electrons. The highest BCUT2D eigenvalue weighted by molar-refractivity contribution is 8.01. The average Bonchev–Trinajstić information content (AvgIpc) is 2.85. The van der Waals surface area contributed by atoms with Gasteiger partial charge in [0.15, 0.2) is 0 Å². The molecule has 0 aliphatic rings. The van der Waals surface area contributed by atoms with Gasteiger partial charge in [-0.2, -0.15) is 5.26 Å². The van der Waals surface area contributed by atoms with Crippen LogP contribution in [0, 0.1) is 11.3 Å². The molecule has 6 heteroatoms. The second-order valence-electron chi connectivity index (χ2n) is 4.98. The van der Waals surface area contributed by atoms with Crippen molar-refractivity contribution < 1.29 is 14.6 Å².